The fraction of sp³-hybridized carbons (Fsp3) is 0. The van der Waals surface area contributed by atoms with Crippen molar-refractivity contribution in [3.8, 4) is 28.3 Å². The lowest BCUT2D eigenvalue weighted by atomic mass is 9.98. The van der Waals surface area contributed by atoms with Crippen molar-refractivity contribution in [3.05, 3.63) is 90.8 Å². The molecule has 126 valence electrons. The molecule has 0 aliphatic carbocycles. The van der Waals surface area contributed by atoms with Gasteiger partial charge in [-0.25, -0.2) is 0 Å². The highest BCUT2D eigenvalue weighted by atomic mass is 32.1. The summed E-state index contributed by atoms with van der Waals surface area (Å²) < 4.78 is 2.62. The van der Waals surface area contributed by atoms with Gasteiger partial charge in [-0.3, -0.25) is 4.98 Å². The fourth-order valence-electron chi connectivity index (χ4n) is 3.44. The molecule has 27 heavy (non-hydrogen) atoms. The third-order valence-corrected chi connectivity index (χ3v) is 5.93. The molecule has 0 unspecified atom stereocenters. The van der Waals surface area contributed by atoms with Crippen LogP contribution in [0.15, 0.2) is 85.2 Å². The van der Waals surface area contributed by atoms with Gasteiger partial charge in [0.25, 0.3) is 0 Å². The molecular formula is C24H14N2S. The molecule has 3 heteroatoms. The lowest BCUT2D eigenvalue weighted by molar-refractivity contribution is 1.30. The average Bonchev–Trinajstić information content (AvgIpc) is 3.12. The van der Waals surface area contributed by atoms with Crippen molar-refractivity contribution in [2.45, 2.75) is 0 Å². The van der Waals surface area contributed by atoms with Crippen LogP contribution >= 0.6 is 11.3 Å². The number of rotatable bonds is 2. The zero-order chi connectivity index (χ0) is 18.2. The van der Waals surface area contributed by atoms with Gasteiger partial charge in [0.15, 0.2) is 0 Å². The number of pyridine rings is 1. The molecule has 0 aliphatic heterocycles. The van der Waals surface area contributed by atoms with Gasteiger partial charge in [-0.05, 0) is 47.0 Å². The first-order valence-electron chi connectivity index (χ1n) is 8.69. The Morgan fingerprint density at radius 2 is 1.44 bits per heavy atom. The molecule has 0 saturated carbocycles. The van der Waals surface area contributed by atoms with Crippen LogP contribution in [0.1, 0.15) is 5.56 Å². The summed E-state index contributed by atoms with van der Waals surface area (Å²) >= 11 is 1.83. The van der Waals surface area contributed by atoms with Crippen LogP contribution in [0.3, 0.4) is 0 Å². The van der Waals surface area contributed by atoms with Gasteiger partial charge >= 0.3 is 0 Å². The van der Waals surface area contributed by atoms with Gasteiger partial charge in [0.2, 0.25) is 0 Å². The Morgan fingerprint density at radius 1 is 0.667 bits per heavy atom. The largest absolute Gasteiger partial charge is 0.263 e. The number of aromatic nitrogens is 1. The van der Waals surface area contributed by atoms with Crippen LogP contribution in [0.2, 0.25) is 0 Å². The summed E-state index contributed by atoms with van der Waals surface area (Å²) in [5, 5.41) is 11.7. The third kappa shape index (κ3) is 2.77. The van der Waals surface area contributed by atoms with E-state index in [9.17, 15) is 0 Å². The van der Waals surface area contributed by atoms with Crippen LogP contribution in [0.5, 0.6) is 0 Å². The SMILES string of the molecule is N#Cc1cncc(-c2cccc(-c3ccc4sc5ccccc5c4c3)c2)c1. The second-order valence-corrected chi connectivity index (χ2v) is 7.55. The normalized spacial score (nSPS) is 10.9. The zero-order valence-corrected chi connectivity index (χ0v) is 15.2. The number of nitriles is 1. The lowest BCUT2D eigenvalue weighted by Gasteiger charge is -2.07. The van der Waals surface area contributed by atoms with Crippen molar-refractivity contribution >= 4 is 31.5 Å². The highest BCUT2D eigenvalue weighted by Gasteiger charge is 2.08. The van der Waals surface area contributed by atoms with E-state index >= 15 is 0 Å². The topological polar surface area (TPSA) is 36.7 Å². The Balaban J connectivity index is 1.64. The second kappa shape index (κ2) is 6.35. The number of thiophene rings is 1. The highest BCUT2D eigenvalue weighted by molar-refractivity contribution is 7.25. The number of benzene rings is 3. The first kappa shape index (κ1) is 15.7. The molecule has 0 saturated heterocycles. The second-order valence-electron chi connectivity index (χ2n) is 6.46. The van der Waals surface area contributed by atoms with E-state index in [-0.39, 0.29) is 0 Å². The van der Waals surface area contributed by atoms with E-state index in [0.717, 1.165) is 16.7 Å². The van der Waals surface area contributed by atoms with Crippen LogP contribution in [0, 0.1) is 11.3 Å². The van der Waals surface area contributed by atoms with Gasteiger partial charge in [0.05, 0.1) is 5.56 Å². The average molecular weight is 362 g/mol. The minimum atomic E-state index is 0.573. The Morgan fingerprint density at radius 3 is 2.33 bits per heavy atom. The predicted molar refractivity (Wildman–Crippen MR) is 113 cm³/mol. The van der Waals surface area contributed by atoms with Crippen LogP contribution in [-0.2, 0) is 0 Å². The van der Waals surface area contributed by atoms with Crippen molar-refractivity contribution in [1.82, 2.24) is 4.98 Å². The molecule has 0 spiro atoms. The van der Waals surface area contributed by atoms with E-state index in [1.165, 1.54) is 25.7 Å². The summed E-state index contributed by atoms with van der Waals surface area (Å²) in [5.74, 6) is 0. The summed E-state index contributed by atoms with van der Waals surface area (Å²) in [6.45, 7) is 0. The van der Waals surface area contributed by atoms with E-state index in [4.69, 9.17) is 5.26 Å². The van der Waals surface area contributed by atoms with Gasteiger partial charge < -0.3 is 0 Å². The van der Waals surface area contributed by atoms with Crippen LogP contribution in [0.4, 0.5) is 0 Å². The first-order chi connectivity index (χ1) is 13.3. The molecule has 2 aromatic heterocycles. The summed E-state index contributed by atoms with van der Waals surface area (Å²) in [7, 11) is 0. The molecule has 0 radical (unpaired) electrons. The summed E-state index contributed by atoms with van der Waals surface area (Å²) in [4.78, 5) is 4.18. The van der Waals surface area contributed by atoms with Crippen LogP contribution in [-0.4, -0.2) is 4.98 Å². The molecule has 0 bridgehead atoms. The molecule has 2 heterocycles. The van der Waals surface area contributed by atoms with E-state index in [1.807, 2.05) is 17.4 Å². The van der Waals surface area contributed by atoms with Crippen molar-refractivity contribution in [1.29, 1.82) is 5.26 Å². The van der Waals surface area contributed by atoms with E-state index in [2.05, 4.69) is 77.8 Å². The lowest BCUT2D eigenvalue weighted by Crippen LogP contribution is -1.85. The van der Waals surface area contributed by atoms with Gasteiger partial charge in [0.1, 0.15) is 6.07 Å². The smallest absolute Gasteiger partial charge is 0.101 e. The Bertz CT molecular complexity index is 1340. The number of hydrogen-bond acceptors (Lipinski definition) is 3. The predicted octanol–water partition coefficient (Wildman–Crippen LogP) is 6.66. The monoisotopic (exact) mass is 362 g/mol. The molecule has 2 nitrogen and oxygen atoms in total. The quantitative estimate of drug-likeness (QED) is 0.352. The van der Waals surface area contributed by atoms with E-state index < -0.39 is 0 Å². The molecule has 5 rings (SSSR count). The molecule has 5 aromatic rings. The summed E-state index contributed by atoms with van der Waals surface area (Å²) in [6, 6.07) is 27.6. The van der Waals surface area contributed by atoms with E-state index in [1.54, 1.807) is 12.4 Å². The Kier molecular flexibility index (Phi) is 3.71. The van der Waals surface area contributed by atoms with Gasteiger partial charge in [-0.15, -0.1) is 11.3 Å². The molecule has 0 fully saturated rings. The standard InChI is InChI=1S/C24H14N2S/c25-13-16-10-20(15-26-14-16)18-5-3-4-17(11-18)19-8-9-24-22(12-19)21-6-1-2-7-23(21)27-24/h1-12,14-15H. The highest BCUT2D eigenvalue weighted by Crippen LogP contribution is 2.36. The Hall–Kier alpha value is -3.48. The zero-order valence-electron chi connectivity index (χ0n) is 14.4. The van der Waals surface area contributed by atoms with Crippen LogP contribution < -0.4 is 0 Å². The van der Waals surface area contributed by atoms with Crippen molar-refractivity contribution in [3.63, 3.8) is 0 Å². The minimum absolute atomic E-state index is 0.573. The number of hydrogen-bond donors (Lipinski definition) is 0. The van der Waals surface area contributed by atoms with Crippen LogP contribution in [0.25, 0.3) is 42.4 Å². The molecule has 0 amide bonds. The van der Waals surface area contributed by atoms with E-state index in [0.29, 0.717) is 5.56 Å². The molecule has 0 atom stereocenters. The van der Waals surface area contributed by atoms with Crippen molar-refractivity contribution in [2.75, 3.05) is 0 Å². The molecule has 3 aromatic carbocycles. The first-order valence-corrected chi connectivity index (χ1v) is 9.51. The van der Waals surface area contributed by atoms with Gasteiger partial charge in [-0.1, -0.05) is 42.5 Å². The maximum atomic E-state index is 9.12. The third-order valence-electron chi connectivity index (χ3n) is 4.77. The summed E-state index contributed by atoms with van der Waals surface area (Å²) in [5.41, 5.74) is 4.94. The van der Waals surface area contributed by atoms with Crippen molar-refractivity contribution in [2.24, 2.45) is 0 Å². The molecular weight excluding hydrogens is 348 g/mol. The van der Waals surface area contributed by atoms with Gasteiger partial charge in [0, 0.05) is 38.1 Å². The number of fused-ring (bicyclic) bond motifs is 3. The molecule has 0 N–H and O–H groups in total. The van der Waals surface area contributed by atoms with Crippen molar-refractivity contribution < 1.29 is 0 Å². The minimum Gasteiger partial charge on any atom is -0.263 e. The molecule has 0 aliphatic rings. The summed E-state index contributed by atoms with van der Waals surface area (Å²) in [6.07, 6.45) is 3.39. The Labute approximate surface area is 161 Å². The number of nitrogens with zero attached hydrogens (tertiary/aromatic N) is 2. The van der Waals surface area contributed by atoms with Gasteiger partial charge in [-0.2, -0.15) is 5.26 Å². The fourth-order valence-corrected chi connectivity index (χ4v) is 4.53. The maximum absolute atomic E-state index is 9.12. The maximum Gasteiger partial charge on any atom is 0.101 e.